The summed E-state index contributed by atoms with van der Waals surface area (Å²) in [6.45, 7) is 0.150. The molecule has 0 aromatic rings. The molecule has 4 nitrogen and oxygen atoms in total. The zero-order valence-electron chi connectivity index (χ0n) is 8.26. The van der Waals surface area contributed by atoms with Crippen LogP contribution in [0.1, 0.15) is 38.5 Å². The van der Waals surface area contributed by atoms with Gasteiger partial charge < -0.3 is 9.79 Å². The van der Waals surface area contributed by atoms with Crippen molar-refractivity contribution in [2.24, 2.45) is 0 Å². The molecule has 0 heterocycles. The average molecular weight is 242 g/mol. The molecule has 0 rings (SSSR count). The van der Waals surface area contributed by atoms with Crippen LogP contribution in [0.2, 0.25) is 0 Å². The van der Waals surface area contributed by atoms with E-state index in [0.717, 1.165) is 31.4 Å². The highest BCUT2D eigenvalue weighted by Crippen LogP contribution is 2.35. The fraction of sp³-hybridized carbons (Fsp3) is 1.00. The van der Waals surface area contributed by atoms with Gasteiger partial charge in [0, 0.05) is 0 Å². The third-order valence-electron chi connectivity index (χ3n) is 1.81. The Hall–Kier alpha value is 0.460. The molecule has 0 radical (unpaired) electrons. The van der Waals surface area contributed by atoms with Gasteiger partial charge in [-0.3, -0.25) is 4.52 Å². The maximum atomic E-state index is 10.3. The van der Waals surface area contributed by atoms with Crippen molar-refractivity contribution in [3.63, 3.8) is 0 Å². The third kappa shape index (κ3) is 12.5. The zero-order chi connectivity index (χ0) is 10.9. The topological polar surface area (TPSA) is 66.8 Å². The van der Waals surface area contributed by atoms with Gasteiger partial charge in [-0.2, -0.15) is 12.6 Å². The Labute approximate surface area is 90.7 Å². The van der Waals surface area contributed by atoms with Gasteiger partial charge in [-0.05, 0) is 18.6 Å². The maximum Gasteiger partial charge on any atom is 0.469 e. The van der Waals surface area contributed by atoms with E-state index in [1.54, 1.807) is 0 Å². The molecule has 0 unspecified atom stereocenters. The molecule has 86 valence electrons. The molecule has 0 fully saturated rings. The minimum Gasteiger partial charge on any atom is -0.303 e. The lowest BCUT2D eigenvalue weighted by Crippen LogP contribution is -1.92. The van der Waals surface area contributed by atoms with E-state index in [-0.39, 0.29) is 6.61 Å². The van der Waals surface area contributed by atoms with Crippen LogP contribution in [0.15, 0.2) is 0 Å². The Balaban J connectivity index is 3.03. The summed E-state index contributed by atoms with van der Waals surface area (Å²) in [5, 5.41) is 0. The summed E-state index contributed by atoms with van der Waals surface area (Å²) in [7, 11) is -4.24. The van der Waals surface area contributed by atoms with E-state index >= 15 is 0 Å². The summed E-state index contributed by atoms with van der Waals surface area (Å²) in [5.74, 6) is 0.932. The summed E-state index contributed by atoms with van der Waals surface area (Å²) in [6, 6.07) is 0. The van der Waals surface area contributed by atoms with E-state index < -0.39 is 7.82 Å². The lowest BCUT2D eigenvalue weighted by Gasteiger charge is -2.04. The summed E-state index contributed by atoms with van der Waals surface area (Å²) in [5.41, 5.74) is 0. The lowest BCUT2D eigenvalue weighted by molar-refractivity contribution is 0.193. The minimum absolute atomic E-state index is 0.150. The van der Waals surface area contributed by atoms with Crippen molar-refractivity contribution in [3.05, 3.63) is 0 Å². The summed E-state index contributed by atoms with van der Waals surface area (Å²) < 4.78 is 14.6. The molecule has 0 spiro atoms. The molecule has 0 saturated carbocycles. The van der Waals surface area contributed by atoms with E-state index in [4.69, 9.17) is 9.79 Å². The Kier molecular flexibility index (Phi) is 9.03. The second-order valence-corrected chi connectivity index (χ2v) is 4.86. The molecule has 0 aliphatic heterocycles. The first-order chi connectivity index (χ1) is 6.56. The third-order valence-corrected chi connectivity index (χ3v) is 2.65. The molecule has 0 amide bonds. The fourth-order valence-electron chi connectivity index (χ4n) is 1.10. The maximum absolute atomic E-state index is 10.3. The number of phosphoric ester groups is 1. The Bertz CT molecular complexity index is 171. The fourth-order valence-corrected chi connectivity index (χ4v) is 1.69. The van der Waals surface area contributed by atoms with Crippen molar-refractivity contribution < 1.29 is 18.9 Å². The van der Waals surface area contributed by atoms with Crippen LogP contribution in [0.25, 0.3) is 0 Å². The van der Waals surface area contributed by atoms with Crippen molar-refractivity contribution in [1.82, 2.24) is 0 Å². The highest BCUT2D eigenvalue weighted by molar-refractivity contribution is 7.80. The van der Waals surface area contributed by atoms with E-state index in [1.807, 2.05) is 0 Å². The summed E-state index contributed by atoms with van der Waals surface area (Å²) in [4.78, 5) is 16.7. The molecule has 0 aromatic heterocycles. The van der Waals surface area contributed by atoms with Crippen LogP contribution in [0.3, 0.4) is 0 Å². The largest absolute Gasteiger partial charge is 0.469 e. The zero-order valence-corrected chi connectivity index (χ0v) is 10.1. The smallest absolute Gasteiger partial charge is 0.303 e. The molecular formula is C8H19O4PS. The van der Waals surface area contributed by atoms with Crippen molar-refractivity contribution in [2.45, 2.75) is 38.5 Å². The Morgan fingerprint density at radius 3 is 2.00 bits per heavy atom. The molecule has 14 heavy (non-hydrogen) atoms. The van der Waals surface area contributed by atoms with Crippen molar-refractivity contribution in [2.75, 3.05) is 12.4 Å². The van der Waals surface area contributed by atoms with Crippen molar-refractivity contribution in [1.29, 1.82) is 0 Å². The molecule has 0 saturated heterocycles. The first-order valence-electron chi connectivity index (χ1n) is 4.87. The van der Waals surface area contributed by atoms with E-state index in [9.17, 15) is 4.57 Å². The standard InChI is InChI=1S/C8H19O4PS/c9-13(10,11)12-7-5-3-1-2-4-6-8-14/h14H,1-8H2,(H2,9,10,11). The number of hydrogen-bond donors (Lipinski definition) is 3. The monoisotopic (exact) mass is 242 g/mol. The van der Waals surface area contributed by atoms with Gasteiger partial charge in [0.25, 0.3) is 0 Å². The number of hydrogen-bond acceptors (Lipinski definition) is 3. The number of rotatable bonds is 9. The lowest BCUT2D eigenvalue weighted by atomic mass is 10.1. The molecule has 0 aliphatic carbocycles. The quantitative estimate of drug-likeness (QED) is 0.330. The van der Waals surface area contributed by atoms with Crippen molar-refractivity contribution in [3.8, 4) is 0 Å². The number of unbranched alkanes of at least 4 members (excludes halogenated alkanes) is 5. The van der Waals surface area contributed by atoms with Gasteiger partial charge in [0.05, 0.1) is 6.61 Å². The van der Waals surface area contributed by atoms with Gasteiger partial charge in [0.1, 0.15) is 0 Å². The predicted molar refractivity (Wildman–Crippen MR) is 59.6 cm³/mol. The van der Waals surface area contributed by atoms with Crippen LogP contribution in [-0.4, -0.2) is 22.1 Å². The van der Waals surface area contributed by atoms with Crippen LogP contribution in [0, 0.1) is 0 Å². The molecule has 0 atom stereocenters. The molecular weight excluding hydrogens is 223 g/mol. The number of thiol groups is 1. The number of phosphoric acid groups is 1. The first kappa shape index (κ1) is 14.5. The second-order valence-electron chi connectivity index (χ2n) is 3.17. The summed E-state index contributed by atoms with van der Waals surface area (Å²) in [6.07, 6.45) is 6.26. The van der Waals surface area contributed by atoms with E-state index in [1.165, 1.54) is 6.42 Å². The highest BCUT2D eigenvalue weighted by atomic mass is 32.1. The highest BCUT2D eigenvalue weighted by Gasteiger charge is 2.12. The van der Waals surface area contributed by atoms with E-state index in [0.29, 0.717) is 6.42 Å². The SMILES string of the molecule is O=P(O)(O)OCCCCCCCCS. The Morgan fingerprint density at radius 1 is 1.00 bits per heavy atom. The van der Waals surface area contributed by atoms with Gasteiger partial charge in [0.15, 0.2) is 0 Å². The van der Waals surface area contributed by atoms with Gasteiger partial charge in [0.2, 0.25) is 0 Å². The van der Waals surface area contributed by atoms with Crippen LogP contribution < -0.4 is 0 Å². The molecule has 0 bridgehead atoms. The normalized spacial score (nSPS) is 11.9. The van der Waals surface area contributed by atoms with E-state index in [2.05, 4.69) is 17.2 Å². The minimum atomic E-state index is -4.24. The van der Waals surface area contributed by atoms with Crippen LogP contribution in [-0.2, 0) is 9.09 Å². The molecule has 2 N–H and O–H groups in total. The molecule has 0 aromatic carbocycles. The second kappa shape index (κ2) is 8.74. The van der Waals surface area contributed by atoms with Crippen LogP contribution in [0.4, 0.5) is 0 Å². The van der Waals surface area contributed by atoms with Crippen LogP contribution in [0.5, 0.6) is 0 Å². The Morgan fingerprint density at radius 2 is 1.50 bits per heavy atom. The van der Waals surface area contributed by atoms with Crippen LogP contribution >= 0.6 is 20.5 Å². The van der Waals surface area contributed by atoms with Gasteiger partial charge in [-0.15, -0.1) is 0 Å². The molecule has 6 heteroatoms. The van der Waals surface area contributed by atoms with Gasteiger partial charge >= 0.3 is 7.82 Å². The van der Waals surface area contributed by atoms with Crippen molar-refractivity contribution >= 4 is 20.5 Å². The average Bonchev–Trinajstić information content (AvgIpc) is 2.08. The summed E-state index contributed by atoms with van der Waals surface area (Å²) >= 11 is 4.10. The van der Waals surface area contributed by atoms with Gasteiger partial charge in [-0.1, -0.05) is 25.7 Å². The first-order valence-corrected chi connectivity index (χ1v) is 7.03. The molecule has 0 aliphatic rings. The predicted octanol–water partition coefficient (Wildman–Crippen LogP) is 2.37. The van der Waals surface area contributed by atoms with Gasteiger partial charge in [-0.25, -0.2) is 4.57 Å².